The largest absolute Gasteiger partial charge is 0.399 e. The standard InChI is InChI=1S/C13H18BrN3O/c1-16(2)13(18)12-4-3-7-17(12)11-6-5-9(15)8-10(11)14/h5-6,8,12H,3-4,7,15H2,1-2H3. The van der Waals surface area contributed by atoms with Crippen LogP contribution in [0.25, 0.3) is 0 Å². The van der Waals surface area contributed by atoms with Crippen molar-refractivity contribution < 1.29 is 4.79 Å². The minimum Gasteiger partial charge on any atom is -0.399 e. The highest BCUT2D eigenvalue weighted by molar-refractivity contribution is 9.10. The molecule has 98 valence electrons. The number of carbonyl (C=O) groups is 1. The third-order valence-electron chi connectivity index (χ3n) is 3.26. The molecule has 4 nitrogen and oxygen atoms in total. The molecule has 0 aromatic heterocycles. The van der Waals surface area contributed by atoms with E-state index in [-0.39, 0.29) is 11.9 Å². The Balaban J connectivity index is 2.29. The molecule has 5 heteroatoms. The lowest BCUT2D eigenvalue weighted by Crippen LogP contribution is -2.42. The number of amides is 1. The zero-order chi connectivity index (χ0) is 13.3. The summed E-state index contributed by atoms with van der Waals surface area (Å²) in [5.41, 5.74) is 7.51. The van der Waals surface area contributed by atoms with Gasteiger partial charge < -0.3 is 15.5 Å². The van der Waals surface area contributed by atoms with Crippen LogP contribution in [-0.4, -0.2) is 37.5 Å². The van der Waals surface area contributed by atoms with Gasteiger partial charge in [-0.1, -0.05) is 0 Å². The fourth-order valence-corrected chi connectivity index (χ4v) is 2.99. The van der Waals surface area contributed by atoms with Crippen molar-refractivity contribution in [2.24, 2.45) is 0 Å². The van der Waals surface area contributed by atoms with E-state index in [9.17, 15) is 4.79 Å². The first-order chi connectivity index (χ1) is 8.50. The van der Waals surface area contributed by atoms with Crippen LogP contribution in [0.3, 0.4) is 0 Å². The Morgan fingerprint density at radius 1 is 1.50 bits per heavy atom. The first kappa shape index (κ1) is 13.2. The maximum atomic E-state index is 12.2. The predicted octanol–water partition coefficient (Wildman–Crippen LogP) is 2.09. The van der Waals surface area contributed by atoms with Gasteiger partial charge in [-0.05, 0) is 47.0 Å². The van der Waals surface area contributed by atoms with Crippen molar-refractivity contribution in [1.82, 2.24) is 4.90 Å². The second kappa shape index (κ2) is 5.18. The fourth-order valence-electron chi connectivity index (χ4n) is 2.37. The van der Waals surface area contributed by atoms with Crippen LogP contribution in [0, 0.1) is 0 Å². The maximum absolute atomic E-state index is 12.2. The van der Waals surface area contributed by atoms with E-state index in [2.05, 4.69) is 20.8 Å². The minimum atomic E-state index is -0.0556. The molecule has 0 radical (unpaired) electrons. The van der Waals surface area contributed by atoms with E-state index in [1.165, 1.54) is 0 Å². The molecule has 1 saturated heterocycles. The number of nitrogens with two attached hydrogens (primary N) is 1. The van der Waals surface area contributed by atoms with Crippen LogP contribution in [0.15, 0.2) is 22.7 Å². The summed E-state index contributed by atoms with van der Waals surface area (Å²) in [7, 11) is 3.60. The number of likely N-dealkylation sites (N-methyl/N-ethyl adjacent to an activating group) is 1. The monoisotopic (exact) mass is 311 g/mol. The van der Waals surface area contributed by atoms with E-state index in [0.29, 0.717) is 0 Å². The Labute approximate surface area is 116 Å². The predicted molar refractivity (Wildman–Crippen MR) is 77.6 cm³/mol. The lowest BCUT2D eigenvalue weighted by atomic mass is 10.2. The van der Waals surface area contributed by atoms with Gasteiger partial charge in [0.25, 0.3) is 0 Å². The number of anilines is 2. The molecule has 1 unspecified atom stereocenters. The van der Waals surface area contributed by atoms with E-state index in [4.69, 9.17) is 5.73 Å². The molecule has 2 rings (SSSR count). The molecule has 1 heterocycles. The van der Waals surface area contributed by atoms with Gasteiger partial charge in [0, 0.05) is 30.8 Å². The number of nitrogens with zero attached hydrogens (tertiary/aromatic N) is 2. The normalized spacial score (nSPS) is 19.1. The molecule has 1 atom stereocenters. The van der Waals surface area contributed by atoms with Gasteiger partial charge in [-0.2, -0.15) is 0 Å². The van der Waals surface area contributed by atoms with Crippen molar-refractivity contribution in [2.45, 2.75) is 18.9 Å². The van der Waals surface area contributed by atoms with Gasteiger partial charge in [0.05, 0.1) is 5.69 Å². The molecular weight excluding hydrogens is 294 g/mol. The molecule has 1 aromatic carbocycles. The molecule has 1 aliphatic heterocycles. The average Bonchev–Trinajstić information content (AvgIpc) is 2.76. The van der Waals surface area contributed by atoms with Crippen molar-refractivity contribution >= 4 is 33.2 Å². The third-order valence-corrected chi connectivity index (χ3v) is 3.89. The maximum Gasteiger partial charge on any atom is 0.244 e. The molecule has 1 amide bonds. The Morgan fingerprint density at radius 3 is 2.83 bits per heavy atom. The Hall–Kier alpha value is -1.23. The summed E-state index contributed by atoms with van der Waals surface area (Å²) >= 11 is 3.52. The quantitative estimate of drug-likeness (QED) is 0.851. The highest BCUT2D eigenvalue weighted by atomic mass is 79.9. The van der Waals surface area contributed by atoms with Crippen LogP contribution in [0.4, 0.5) is 11.4 Å². The lowest BCUT2D eigenvalue weighted by molar-refractivity contribution is -0.129. The van der Waals surface area contributed by atoms with E-state index < -0.39 is 0 Å². The zero-order valence-corrected chi connectivity index (χ0v) is 12.3. The highest BCUT2D eigenvalue weighted by Gasteiger charge is 2.32. The minimum absolute atomic E-state index is 0.0556. The molecule has 0 spiro atoms. The van der Waals surface area contributed by atoms with Crippen LogP contribution in [0.1, 0.15) is 12.8 Å². The second-order valence-electron chi connectivity index (χ2n) is 4.79. The van der Waals surface area contributed by atoms with Crippen LogP contribution in [0.5, 0.6) is 0 Å². The topological polar surface area (TPSA) is 49.6 Å². The summed E-state index contributed by atoms with van der Waals surface area (Å²) in [6.45, 7) is 0.909. The first-order valence-corrected chi connectivity index (χ1v) is 6.83. The first-order valence-electron chi connectivity index (χ1n) is 6.03. The number of rotatable bonds is 2. The van der Waals surface area contributed by atoms with Gasteiger partial charge in [-0.25, -0.2) is 0 Å². The number of halogens is 1. The lowest BCUT2D eigenvalue weighted by Gasteiger charge is -2.28. The number of benzene rings is 1. The number of carbonyl (C=O) groups excluding carboxylic acids is 1. The number of hydrogen-bond acceptors (Lipinski definition) is 3. The van der Waals surface area contributed by atoms with E-state index >= 15 is 0 Å². The molecule has 1 fully saturated rings. The molecule has 1 aliphatic rings. The Kier molecular flexibility index (Phi) is 3.80. The second-order valence-corrected chi connectivity index (χ2v) is 5.65. The Morgan fingerprint density at radius 2 is 2.22 bits per heavy atom. The van der Waals surface area contributed by atoms with Gasteiger partial charge in [0.15, 0.2) is 0 Å². The number of nitrogen functional groups attached to an aromatic ring is 1. The highest BCUT2D eigenvalue weighted by Crippen LogP contribution is 2.33. The molecule has 2 N–H and O–H groups in total. The summed E-state index contributed by atoms with van der Waals surface area (Å²) in [4.78, 5) is 16.0. The van der Waals surface area contributed by atoms with Crippen molar-refractivity contribution in [3.05, 3.63) is 22.7 Å². The molecular formula is C13H18BrN3O. The van der Waals surface area contributed by atoms with Crippen molar-refractivity contribution in [1.29, 1.82) is 0 Å². The van der Waals surface area contributed by atoms with Crippen LogP contribution < -0.4 is 10.6 Å². The van der Waals surface area contributed by atoms with E-state index in [1.54, 1.807) is 19.0 Å². The fraction of sp³-hybridized carbons (Fsp3) is 0.462. The van der Waals surface area contributed by atoms with E-state index in [0.717, 1.165) is 35.2 Å². The SMILES string of the molecule is CN(C)C(=O)C1CCCN1c1ccc(N)cc1Br. The number of hydrogen-bond donors (Lipinski definition) is 1. The van der Waals surface area contributed by atoms with Crippen molar-refractivity contribution in [2.75, 3.05) is 31.3 Å². The van der Waals surface area contributed by atoms with Crippen LogP contribution in [-0.2, 0) is 4.79 Å². The Bertz CT molecular complexity index is 462. The van der Waals surface area contributed by atoms with Gasteiger partial charge in [0.2, 0.25) is 5.91 Å². The van der Waals surface area contributed by atoms with Gasteiger partial charge in [-0.3, -0.25) is 4.79 Å². The van der Waals surface area contributed by atoms with Gasteiger partial charge in [0.1, 0.15) is 6.04 Å². The van der Waals surface area contributed by atoms with Crippen molar-refractivity contribution in [3.63, 3.8) is 0 Å². The van der Waals surface area contributed by atoms with Gasteiger partial charge >= 0.3 is 0 Å². The smallest absolute Gasteiger partial charge is 0.244 e. The van der Waals surface area contributed by atoms with E-state index in [1.807, 2.05) is 18.2 Å². The summed E-state index contributed by atoms with van der Waals surface area (Å²) in [6.07, 6.45) is 1.95. The van der Waals surface area contributed by atoms with Crippen molar-refractivity contribution in [3.8, 4) is 0 Å². The van der Waals surface area contributed by atoms with Gasteiger partial charge in [-0.15, -0.1) is 0 Å². The van der Waals surface area contributed by atoms with Crippen LogP contribution in [0.2, 0.25) is 0 Å². The zero-order valence-electron chi connectivity index (χ0n) is 10.7. The summed E-state index contributed by atoms with van der Waals surface area (Å²) in [6, 6.07) is 5.67. The van der Waals surface area contributed by atoms with Crippen LogP contribution >= 0.6 is 15.9 Å². The molecule has 1 aromatic rings. The molecule has 0 aliphatic carbocycles. The molecule has 0 saturated carbocycles. The molecule has 0 bridgehead atoms. The third kappa shape index (κ3) is 2.46. The summed E-state index contributed by atoms with van der Waals surface area (Å²) < 4.78 is 0.945. The molecule has 18 heavy (non-hydrogen) atoms. The summed E-state index contributed by atoms with van der Waals surface area (Å²) in [5.74, 6) is 0.163. The summed E-state index contributed by atoms with van der Waals surface area (Å²) in [5, 5.41) is 0. The average molecular weight is 312 g/mol.